The number of methoxy groups -OCH3 is 1. The molecule has 100 valence electrons. The maximum atomic E-state index is 10.9. The van der Waals surface area contributed by atoms with Gasteiger partial charge in [0.2, 0.25) is 0 Å². The Morgan fingerprint density at radius 1 is 1.53 bits per heavy atom. The summed E-state index contributed by atoms with van der Waals surface area (Å²) in [6.07, 6.45) is 1.73. The fourth-order valence-corrected chi connectivity index (χ4v) is 2.33. The van der Waals surface area contributed by atoms with Gasteiger partial charge in [0.1, 0.15) is 5.01 Å². The average molecular weight is 279 g/mol. The highest BCUT2D eigenvalue weighted by Crippen LogP contribution is 2.31. The van der Waals surface area contributed by atoms with Crippen molar-refractivity contribution in [2.75, 3.05) is 12.4 Å². The molecular formula is C12H13N3O3S. The maximum Gasteiger partial charge on any atom is 0.312 e. The first-order chi connectivity index (χ1) is 9.11. The molecule has 1 heterocycles. The molecule has 1 atom stereocenters. The molecule has 2 rings (SSSR count). The third-order valence-corrected chi connectivity index (χ3v) is 3.54. The van der Waals surface area contributed by atoms with Gasteiger partial charge < -0.3 is 10.1 Å². The molecule has 0 aliphatic carbocycles. The van der Waals surface area contributed by atoms with Crippen LogP contribution in [0.2, 0.25) is 0 Å². The Hall–Kier alpha value is -2.15. The molecule has 0 bridgehead atoms. The highest BCUT2D eigenvalue weighted by molar-refractivity contribution is 7.09. The molecule has 1 N–H and O–H groups in total. The number of nitrogens with zero attached hydrogens (tertiary/aromatic N) is 2. The van der Waals surface area contributed by atoms with Gasteiger partial charge in [0.05, 0.1) is 18.1 Å². The average Bonchev–Trinajstić information content (AvgIpc) is 2.92. The summed E-state index contributed by atoms with van der Waals surface area (Å²) in [4.78, 5) is 14.7. The number of aromatic nitrogens is 1. The lowest BCUT2D eigenvalue weighted by Crippen LogP contribution is -2.06. The third-order valence-electron chi connectivity index (χ3n) is 2.58. The number of anilines is 1. The Balaban J connectivity index is 2.21. The van der Waals surface area contributed by atoms with Crippen molar-refractivity contribution in [3.63, 3.8) is 0 Å². The van der Waals surface area contributed by atoms with Crippen LogP contribution in [0.15, 0.2) is 29.8 Å². The fraction of sp³-hybridized carbons (Fsp3) is 0.250. The van der Waals surface area contributed by atoms with Crippen molar-refractivity contribution < 1.29 is 9.66 Å². The molecule has 0 fully saturated rings. The van der Waals surface area contributed by atoms with E-state index in [1.54, 1.807) is 18.3 Å². The minimum Gasteiger partial charge on any atom is -0.490 e. The van der Waals surface area contributed by atoms with E-state index < -0.39 is 4.92 Å². The van der Waals surface area contributed by atoms with Crippen molar-refractivity contribution in [2.24, 2.45) is 0 Å². The second-order valence-corrected chi connectivity index (χ2v) is 4.81. The molecule has 0 aliphatic heterocycles. The largest absolute Gasteiger partial charge is 0.490 e. The van der Waals surface area contributed by atoms with Gasteiger partial charge in [-0.05, 0) is 19.1 Å². The Morgan fingerprint density at radius 2 is 2.32 bits per heavy atom. The van der Waals surface area contributed by atoms with Crippen LogP contribution in [0.4, 0.5) is 11.4 Å². The standard InChI is InChI=1S/C12H13N3O3S/c1-8(12-13-5-6-19-12)14-9-3-4-11(18-2)10(7-9)15(16)17/h3-8,14H,1-2H3. The van der Waals surface area contributed by atoms with E-state index in [1.165, 1.54) is 24.5 Å². The van der Waals surface area contributed by atoms with Gasteiger partial charge in [-0.3, -0.25) is 10.1 Å². The zero-order chi connectivity index (χ0) is 13.8. The van der Waals surface area contributed by atoms with Gasteiger partial charge in [-0.15, -0.1) is 11.3 Å². The topological polar surface area (TPSA) is 77.3 Å². The Bertz CT molecular complexity index is 572. The summed E-state index contributed by atoms with van der Waals surface area (Å²) in [6, 6.07) is 4.78. The number of thiazole rings is 1. The summed E-state index contributed by atoms with van der Waals surface area (Å²) in [5, 5.41) is 16.9. The molecule has 0 radical (unpaired) electrons. The number of nitrogens with one attached hydrogen (secondary N) is 1. The monoisotopic (exact) mass is 279 g/mol. The van der Waals surface area contributed by atoms with Crippen LogP contribution in [0, 0.1) is 10.1 Å². The van der Waals surface area contributed by atoms with E-state index in [0.717, 1.165) is 5.01 Å². The summed E-state index contributed by atoms with van der Waals surface area (Å²) in [5.74, 6) is 0.248. The van der Waals surface area contributed by atoms with Crippen LogP contribution in [-0.4, -0.2) is 17.0 Å². The molecule has 0 saturated carbocycles. The van der Waals surface area contributed by atoms with Gasteiger partial charge >= 0.3 is 5.69 Å². The second-order valence-electron chi connectivity index (χ2n) is 3.88. The number of ether oxygens (including phenoxy) is 1. The minimum absolute atomic E-state index is 0.00648. The molecule has 1 aromatic heterocycles. The van der Waals surface area contributed by atoms with Crippen molar-refractivity contribution in [1.82, 2.24) is 4.98 Å². The molecule has 0 amide bonds. The highest BCUT2D eigenvalue weighted by atomic mass is 32.1. The molecule has 19 heavy (non-hydrogen) atoms. The quantitative estimate of drug-likeness (QED) is 0.671. The number of hydrogen-bond donors (Lipinski definition) is 1. The summed E-state index contributed by atoms with van der Waals surface area (Å²) in [5.41, 5.74) is 0.606. The van der Waals surface area contributed by atoms with Gasteiger partial charge in [0, 0.05) is 23.3 Å². The lowest BCUT2D eigenvalue weighted by Gasteiger charge is -2.13. The number of nitro benzene ring substituents is 1. The molecule has 1 aromatic carbocycles. The van der Waals surface area contributed by atoms with Crippen LogP contribution in [-0.2, 0) is 0 Å². The van der Waals surface area contributed by atoms with Crippen molar-refractivity contribution in [1.29, 1.82) is 0 Å². The predicted molar refractivity (Wildman–Crippen MR) is 73.8 cm³/mol. The molecular weight excluding hydrogens is 266 g/mol. The molecule has 0 saturated heterocycles. The van der Waals surface area contributed by atoms with Crippen molar-refractivity contribution in [3.05, 3.63) is 44.9 Å². The first-order valence-corrected chi connectivity index (χ1v) is 6.48. The van der Waals surface area contributed by atoms with E-state index in [4.69, 9.17) is 4.74 Å². The summed E-state index contributed by atoms with van der Waals surface area (Å²) in [7, 11) is 1.41. The lowest BCUT2D eigenvalue weighted by atomic mass is 10.2. The summed E-state index contributed by atoms with van der Waals surface area (Å²) < 4.78 is 4.96. The maximum absolute atomic E-state index is 10.9. The van der Waals surface area contributed by atoms with E-state index >= 15 is 0 Å². The Kier molecular flexibility index (Phi) is 3.96. The van der Waals surface area contributed by atoms with E-state index in [1.807, 2.05) is 12.3 Å². The zero-order valence-corrected chi connectivity index (χ0v) is 11.3. The second kappa shape index (κ2) is 5.66. The SMILES string of the molecule is COc1ccc(NC(C)c2nccs2)cc1[N+](=O)[O-]. The van der Waals surface area contributed by atoms with Crippen LogP contribution < -0.4 is 10.1 Å². The number of rotatable bonds is 5. The van der Waals surface area contributed by atoms with Gasteiger partial charge in [0.15, 0.2) is 5.75 Å². The third kappa shape index (κ3) is 3.00. The first-order valence-electron chi connectivity index (χ1n) is 5.60. The van der Waals surface area contributed by atoms with E-state index in [2.05, 4.69) is 10.3 Å². The lowest BCUT2D eigenvalue weighted by molar-refractivity contribution is -0.385. The van der Waals surface area contributed by atoms with Gasteiger partial charge in [0.25, 0.3) is 0 Å². The molecule has 7 heteroatoms. The van der Waals surface area contributed by atoms with Gasteiger partial charge in [-0.25, -0.2) is 4.98 Å². The fourth-order valence-electron chi connectivity index (χ4n) is 1.68. The van der Waals surface area contributed by atoms with Crippen molar-refractivity contribution >= 4 is 22.7 Å². The summed E-state index contributed by atoms with van der Waals surface area (Å²) in [6.45, 7) is 1.95. The van der Waals surface area contributed by atoms with E-state index in [-0.39, 0.29) is 17.5 Å². The van der Waals surface area contributed by atoms with Gasteiger partial charge in [-0.1, -0.05) is 0 Å². The minimum atomic E-state index is -0.460. The first kappa shape index (κ1) is 13.3. The van der Waals surface area contributed by atoms with Crippen LogP contribution in [0.3, 0.4) is 0 Å². The highest BCUT2D eigenvalue weighted by Gasteiger charge is 2.16. The molecule has 0 spiro atoms. The molecule has 6 nitrogen and oxygen atoms in total. The normalized spacial score (nSPS) is 11.9. The molecule has 0 aliphatic rings. The molecule has 2 aromatic rings. The van der Waals surface area contributed by atoms with E-state index in [9.17, 15) is 10.1 Å². The van der Waals surface area contributed by atoms with Crippen LogP contribution in [0.1, 0.15) is 18.0 Å². The Morgan fingerprint density at radius 3 is 2.89 bits per heavy atom. The van der Waals surface area contributed by atoms with Crippen molar-refractivity contribution in [3.8, 4) is 5.75 Å². The number of nitro groups is 1. The van der Waals surface area contributed by atoms with Crippen LogP contribution in [0.5, 0.6) is 5.75 Å². The molecule has 1 unspecified atom stereocenters. The number of hydrogen-bond acceptors (Lipinski definition) is 6. The van der Waals surface area contributed by atoms with Gasteiger partial charge in [-0.2, -0.15) is 0 Å². The Labute approximate surface area is 114 Å². The smallest absolute Gasteiger partial charge is 0.312 e. The zero-order valence-electron chi connectivity index (χ0n) is 10.5. The van der Waals surface area contributed by atoms with Crippen LogP contribution in [0.25, 0.3) is 0 Å². The van der Waals surface area contributed by atoms with E-state index in [0.29, 0.717) is 5.69 Å². The summed E-state index contributed by atoms with van der Waals surface area (Å²) >= 11 is 1.54. The predicted octanol–water partition coefficient (Wildman–Crippen LogP) is 3.23. The number of benzene rings is 1. The van der Waals surface area contributed by atoms with Crippen molar-refractivity contribution in [2.45, 2.75) is 13.0 Å². The van der Waals surface area contributed by atoms with Crippen LogP contribution >= 0.6 is 11.3 Å².